The normalized spacial score (nSPS) is 11.4. The van der Waals surface area contributed by atoms with Crippen molar-refractivity contribution in [2.45, 2.75) is 19.7 Å². The fourth-order valence-electron chi connectivity index (χ4n) is 1.69. The molecule has 1 aromatic carbocycles. The molecule has 0 aliphatic rings. The Labute approximate surface area is 118 Å². The van der Waals surface area contributed by atoms with Crippen molar-refractivity contribution in [2.75, 3.05) is 0 Å². The second-order valence-corrected chi connectivity index (χ2v) is 4.43. The summed E-state index contributed by atoms with van der Waals surface area (Å²) >= 11 is 5.03. The van der Waals surface area contributed by atoms with Crippen LogP contribution in [-0.2, 0) is 6.42 Å². The molecule has 1 heterocycles. The van der Waals surface area contributed by atoms with Crippen LogP contribution in [-0.4, -0.2) is 16.3 Å². The first-order valence-corrected chi connectivity index (χ1v) is 6.24. The van der Waals surface area contributed by atoms with E-state index in [0.717, 1.165) is 0 Å². The van der Waals surface area contributed by atoms with Gasteiger partial charge < -0.3 is 9.72 Å². The monoisotopic (exact) mass is 300 g/mol. The molecular weight excluding hydrogens is 289 g/mol. The van der Waals surface area contributed by atoms with Gasteiger partial charge >= 0.3 is 6.36 Å². The molecule has 2 rings (SSSR count). The molecular formula is C13H11F3N2OS. The predicted octanol–water partition coefficient (Wildman–Crippen LogP) is 4.27. The lowest BCUT2D eigenvalue weighted by Gasteiger charge is -2.10. The number of alkyl halides is 3. The molecule has 0 saturated heterocycles. The van der Waals surface area contributed by atoms with Crippen LogP contribution in [0.15, 0.2) is 30.3 Å². The molecule has 0 atom stereocenters. The number of benzene rings is 1. The van der Waals surface area contributed by atoms with Crippen molar-refractivity contribution in [1.29, 1.82) is 0 Å². The van der Waals surface area contributed by atoms with Gasteiger partial charge in [0.25, 0.3) is 0 Å². The molecule has 106 valence electrons. The van der Waals surface area contributed by atoms with Crippen molar-refractivity contribution in [2.24, 2.45) is 0 Å². The van der Waals surface area contributed by atoms with Crippen LogP contribution in [0, 0.1) is 4.64 Å². The summed E-state index contributed by atoms with van der Waals surface area (Å²) in [7, 11) is 0. The summed E-state index contributed by atoms with van der Waals surface area (Å²) in [6, 6.07) is 7.30. The Morgan fingerprint density at radius 2 is 2.05 bits per heavy atom. The van der Waals surface area contributed by atoms with Gasteiger partial charge in [-0.1, -0.05) is 31.3 Å². The summed E-state index contributed by atoms with van der Waals surface area (Å²) in [4.78, 5) is 7.13. The third kappa shape index (κ3) is 3.80. The van der Waals surface area contributed by atoms with Gasteiger partial charge in [-0.25, -0.2) is 4.98 Å². The smallest absolute Gasteiger partial charge is 0.406 e. The fourth-order valence-corrected chi connectivity index (χ4v) is 1.92. The third-order valence-corrected chi connectivity index (χ3v) is 2.71. The molecule has 0 amide bonds. The van der Waals surface area contributed by atoms with Gasteiger partial charge in [-0.15, -0.1) is 13.2 Å². The van der Waals surface area contributed by atoms with E-state index < -0.39 is 6.36 Å². The van der Waals surface area contributed by atoms with E-state index in [1.807, 2.05) is 6.92 Å². The minimum atomic E-state index is -4.71. The molecule has 7 heteroatoms. The number of ether oxygens (including phenoxy) is 1. The SMILES string of the molecule is CCc1nc(=S)cc(-c2cccc(OC(F)(F)F)c2)[nH]1. The first-order chi connectivity index (χ1) is 9.37. The number of hydrogen-bond acceptors (Lipinski definition) is 3. The number of aromatic nitrogens is 2. The summed E-state index contributed by atoms with van der Waals surface area (Å²) in [5, 5.41) is 0. The molecule has 0 spiro atoms. The number of nitrogens with one attached hydrogen (secondary N) is 1. The van der Waals surface area contributed by atoms with Gasteiger partial charge in [-0.2, -0.15) is 0 Å². The maximum atomic E-state index is 12.2. The Bertz CT molecular complexity index is 667. The van der Waals surface area contributed by atoms with Crippen molar-refractivity contribution >= 4 is 12.2 Å². The van der Waals surface area contributed by atoms with E-state index in [-0.39, 0.29) is 5.75 Å². The summed E-state index contributed by atoms with van der Waals surface area (Å²) in [6.07, 6.45) is -4.06. The van der Waals surface area contributed by atoms with Crippen molar-refractivity contribution in [3.8, 4) is 17.0 Å². The van der Waals surface area contributed by atoms with Gasteiger partial charge in [0.1, 0.15) is 16.2 Å². The molecule has 0 fully saturated rings. The third-order valence-electron chi connectivity index (χ3n) is 2.51. The van der Waals surface area contributed by atoms with Gasteiger partial charge in [0.15, 0.2) is 0 Å². The minimum Gasteiger partial charge on any atom is -0.406 e. The molecule has 3 nitrogen and oxygen atoms in total. The highest BCUT2D eigenvalue weighted by atomic mass is 32.1. The molecule has 20 heavy (non-hydrogen) atoms. The quantitative estimate of drug-likeness (QED) is 0.860. The maximum absolute atomic E-state index is 12.2. The average molecular weight is 300 g/mol. The number of hydrogen-bond donors (Lipinski definition) is 1. The highest BCUT2D eigenvalue weighted by molar-refractivity contribution is 7.71. The van der Waals surface area contributed by atoms with Crippen molar-refractivity contribution in [3.05, 3.63) is 40.8 Å². The lowest BCUT2D eigenvalue weighted by molar-refractivity contribution is -0.274. The highest BCUT2D eigenvalue weighted by Crippen LogP contribution is 2.27. The number of aryl methyl sites for hydroxylation is 1. The second-order valence-electron chi connectivity index (χ2n) is 4.01. The number of aromatic amines is 1. The zero-order valence-corrected chi connectivity index (χ0v) is 11.3. The van der Waals surface area contributed by atoms with E-state index in [2.05, 4.69) is 14.7 Å². The Balaban J connectivity index is 2.40. The van der Waals surface area contributed by atoms with Gasteiger partial charge in [0.05, 0.1) is 0 Å². The first-order valence-electron chi connectivity index (χ1n) is 5.84. The van der Waals surface area contributed by atoms with Crippen LogP contribution in [0.1, 0.15) is 12.7 Å². The molecule has 0 aliphatic carbocycles. The Kier molecular flexibility index (Phi) is 4.08. The summed E-state index contributed by atoms with van der Waals surface area (Å²) in [5.74, 6) is 0.402. The van der Waals surface area contributed by atoms with Gasteiger partial charge in [0, 0.05) is 17.7 Å². The van der Waals surface area contributed by atoms with Gasteiger partial charge in [0.2, 0.25) is 0 Å². The van der Waals surface area contributed by atoms with E-state index in [1.54, 1.807) is 12.1 Å². The lowest BCUT2D eigenvalue weighted by Crippen LogP contribution is -2.17. The molecule has 1 N–H and O–H groups in total. The van der Waals surface area contributed by atoms with Crippen LogP contribution < -0.4 is 4.74 Å². The Hall–Kier alpha value is -1.89. The van der Waals surface area contributed by atoms with Crippen LogP contribution >= 0.6 is 12.2 Å². The van der Waals surface area contributed by atoms with Crippen LogP contribution in [0.25, 0.3) is 11.3 Å². The predicted molar refractivity (Wildman–Crippen MR) is 70.9 cm³/mol. The minimum absolute atomic E-state index is 0.274. The fraction of sp³-hybridized carbons (Fsp3) is 0.231. The van der Waals surface area contributed by atoms with Crippen LogP contribution in [0.5, 0.6) is 5.75 Å². The summed E-state index contributed by atoms with van der Waals surface area (Å²) < 4.78 is 40.9. The molecule has 0 unspecified atom stereocenters. The van der Waals surface area contributed by atoms with Gasteiger partial charge in [-0.05, 0) is 18.2 Å². The number of halogens is 3. The van der Waals surface area contributed by atoms with Crippen molar-refractivity contribution in [3.63, 3.8) is 0 Å². The topological polar surface area (TPSA) is 37.9 Å². The highest BCUT2D eigenvalue weighted by Gasteiger charge is 2.31. The Morgan fingerprint density at radius 3 is 2.70 bits per heavy atom. The number of nitrogens with zero attached hydrogens (tertiary/aromatic N) is 1. The van der Waals surface area contributed by atoms with Gasteiger partial charge in [-0.3, -0.25) is 0 Å². The first kappa shape index (κ1) is 14.5. The lowest BCUT2D eigenvalue weighted by atomic mass is 10.1. The van der Waals surface area contributed by atoms with E-state index >= 15 is 0 Å². The molecule has 0 aliphatic heterocycles. The van der Waals surface area contributed by atoms with Crippen LogP contribution in [0.4, 0.5) is 13.2 Å². The molecule has 1 aromatic heterocycles. The van der Waals surface area contributed by atoms with Crippen molar-refractivity contribution < 1.29 is 17.9 Å². The summed E-state index contributed by atoms with van der Waals surface area (Å²) in [5.41, 5.74) is 1.16. The Morgan fingerprint density at radius 1 is 1.30 bits per heavy atom. The maximum Gasteiger partial charge on any atom is 0.573 e. The number of H-pyrrole nitrogens is 1. The van der Waals surface area contributed by atoms with Crippen molar-refractivity contribution in [1.82, 2.24) is 9.97 Å². The van der Waals surface area contributed by atoms with E-state index in [0.29, 0.717) is 28.1 Å². The van der Waals surface area contributed by atoms with E-state index in [4.69, 9.17) is 12.2 Å². The standard InChI is InChI=1S/C13H11F3N2OS/c1-2-11-17-10(7-12(20)18-11)8-4-3-5-9(6-8)19-13(14,15)16/h3-7H,2H2,1H3,(H,17,18,20). The average Bonchev–Trinajstić information content (AvgIpc) is 2.36. The summed E-state index contributed by atoms with van der Waals surface area (Å²) in [6.45, 7) is 1.90. The molecule has 2 aromatic rings. The van der Waals surface area contributed by atoms with E-state index in [9.17, 15) is 13.2 Å². The molecule has 0 radical (unpaired) electrons. The number of rotatable bonds is 3. The zero-order valence-electron chi connectivity index (χ0n) is 10.5. The largest absolute Gasteiger partial charge is 0.573 e. The molecule has 0 saturated carbocycles. The zero-order chi connectivity index (χ0) is 14.8. The second kappa shape index (κ2) is 5.62. The van der Waals surface area contributed by atoms with E-state index in [1.165, 1.54) is 18.2 Å². The molecule has 0 bridgehead atoms. The van der Waals surface area contributed by atoms with Crippen LogP contribution in [0.2, 0.25) is 0 Å². The van der Waals surface area contributed by atoms with Crippen LogP contribution in [0.3, 0.4) is 0 Å².